The van der Waals surface area contributed by atoms with E-state index in [4.69, 9.17) is 5.11 Å². The lowest BCUT2D eigenvalue weighted by Gasteiger charge is -2.15. The molecule has 0 unspecified atom stereocenters. The highest BCUT2D eigenvalue weighted by atomic mass is 32.2. The van der Waals surface area contributed by atoms with Crippen LogP contribution in [0.1, 0.15) is 33.6 Å². The lowest BCUT2D eigenvalue weighted by molar-refractivity contribution is 0.0696. The van der Waals surface area contributed by atoms with E-state index in [-0.39, 0.29) is 11.1 Å². The summed E-state index contributed by atoms with van der Waals surface area (Å²) in [7, 11) is -3.82. The second-order valence-electron chi connectivity index (χ2n) is 4.42. The molecule has 1 saturated heterocycles. The maximum absolute atomic E-state index is 11.9. The largest absolute Gasteiger partial charge is 0.478 e. The van der Waals surface area contributed by atoms with Crippen molar-refractivity contribution < 1.29 is 23.1 Å². The van der Waals surface area contributed by atoms with E-state index in [2.05, 4.69) is 0 Å². The second-order valence-corrected chi connectivity index (χ2v) is 6.10. The minimum atomic E-state index is -3.82. The summed E-state index contributed by atoms with van der Waals surface area (Å²) in [5.74, 6) is -1.88. The number of amides is 1. The molecule has 0 saturated carbocycles. The molecule has 0 spiro atoms. The van der Waals surface area contributed by atoms with E-state index in [1.54, 1.807) is 0 Å². The van der Waals surface area contributed by atoms with Crippen LogP contribution in [0.15, 0.2) is 24.3 Å². The van der Waals surface area contributed by atoms with E-state index in [1.807, 2.05) is 4.72 Å². The molecule has 0 aliphatic carbocycles. The number of rotatable bonds is 4. The van der Waals surface area contributed by atoms with Crippen molar-refractivity contribution in [2.24, 2.45) is 0 Å². The molecule has 1 fully saturated rings. The highest BCUT2D eigenvalue weighted by molar-refractivity contribution is 7.87. The molecular formula is C12H14N2O5S. The number of nitrogens with zero attached hydrogens (tertiary/aromatic N) is 1. The third-order valence-electron chi connectivity index (χ3n) is 3.02. The van der Waals surface area contributed by atoms with Crippen LogP contribution in [0.3, 0.4) is 0 Å². The van der Waals surface area contributed by atoms with Gasteiger partial charge in [0.05, 0.1) is 5.56 Å². The molecular weight excluding hydrogens is 284 g/mol. The Bertz CT molecular complexity index is 618. The summed E-state index contributed by atoms with van der Waals surface area (Å²) in [5.41, 5.74) is 0.127. The lowest BCUT2D eigenvalue weighted by atomic mass is 10.1. The quantitative estimate of drug-likeness (QED) is 0.840. The third kappa shape index (κ3) is 3.14. The van der Waals surface area contributed by atoms with Crippen LogP contribution in [0.5, 0.6) is 0 Å². The van der Waals surface area contributed by atoms with Crippen LogP contribution >= 0.6 is 0 Å². The molecule has 0 atom stereocenters. The van der Waals surface area contributed by atoms with Crippen LogP contribution in [0.2, 0.25) is 0 Å². The highest BCUT2D eigenvalue weighted by Crippen LogP contribution is 2.12. The Morgan fingerprint density at radius 2 is 1.55 bits per heavy atom. The first-order valence-corrected chi connectivity index (χ1v) is 7.50. The molecule has 7 nitrogen and oxygen atoms in total. The van der Waals surface area contributed by atoms with E-state index in [0.717, 1.165) is 12.8 Å². The SMILES string of the molecule is O=C(O)c1ccc(C(=O)NS(=O)(=O)N2CCCC2)cc1. The summed E-state index contributed by atoms with van der Waals surface area (Å²) >= 11 is 0. The molecule has 0 radical (unpaired) electrons. The molecule has 1 aromatic rings. The average molecular weight is 298 g/mol. The molecule has 108 valence electrons. The van der Waals surface area contributed by atoms with Gasteiger partial charge in [-0.3, -0.25) is 4.79 Å². The van der Waals surface area contributed by atoms with Gasteiger partial charge < -0.3 is 5.11 Å². The van der Waals surface area contributed by atoms with Crippen LogP contribution in [0, 0.1) is 0 Å². The summed E-state index contributed by atoms with van der Waals surface area (Å²) in [6, 6.07) is 5.05. The first-order valence-electron chi connectivity index (χ1n) is 6.06. The summed E-state index contributed by atoms with van der Waals surface area (Å²) in [4.78, 5) is 22.5. The van der Waals surface area contributed by atoms with Crippen molar-refractivity contribution in [2.75, 3.05) is 13.1 Å². The van der Waals surface area contributed by atoms with Gasteiger partial charge in [0.25, 0.3) is 5.91 Å². The molecule has 1 aliphatic heterocycles. The average Bonchev–Trinajstić information content (AvgIpc) is 2.93. The van der Waals surface area contributed by atoms with Crippen molar-refractivity contribution in [1.82, 2.24) is 9.03 Å². The Balaban J connectivity index is 2.09. The van der Waals surface area contributed by atoms with Gasteiger partial charge in [-0.15, -0.1) is 0 Å². The summed E-state index contributed by atoms with van der Waals surface area (Å²) in [6.45, 7) is 0.807. The second kappa shape index (κ2) is 5.59. The highest BCUT2D eigenvalue weighted by Gasteiger charge is 2.27. The standard InChI is InChI=1S/C12H14N2O5S/c15-11(9-3-5-10(6-4-9)12(16)17)13-20(18,19)14-7-1-2-8-14/h3-6H,1-2,7-8H2,(H,13,15)(H,16,17). The Morgan fingerprint density at radius 3 is 2.05 bits per heavy atom. The summed E-state index contributed by atoms with van der Waals surface area (Å²) < 4.78 is 27.0. The molecule has 2 rings (SSSR count). The number of hydrogen-bond donors (Lipinski definition) is 2. The van der Waals surface area contributed by atoms with E-state index in [9.17, 15) is 18.0 Å². The van der Waals surface area contributed by atoms with Crippen molar-refractivity contribution in [3.05, 3.63) is 35.4 Å². The molecule has 1 aromatic carbocycles. The number of nitrogens with one attached hydrogen (secondary N) is 1. The van der Waals surface area contributed by atoms with Crippen molar-refractivity contribution in [1.29, 1.82) is 0 Å². The first kappa shape index (κ1) is 14.5. The zero-order chi connectivity index (χ0) is 14.8. The number of carbonyl (C=O) groups is 2. The van der Waals surface area contributed by atoms with Crippen molar-refractivity contribution in [3.63, 3.8) is 0 Å². The minimum absolute atomic E-state index is 0.0314. The number of carboxylic acids is 1. The van der Waals surface area contributed by atoms with Crippen molar-refractivity contribution in [2.45, 2.75) is 12.8 Å². The smallest absolute Gasteiger partial charge is 0.335 e. The summed E-state index contributed by atoms with van der Waals surface area (Å²) in [6.07, 6.45) is 1.56. The van der Waals surface area contributed by atoms with Gasteiger partial charge in [0.1, 0.15) is 0 Å². The van der Waals surface area contributed by atoms with Gasteiger partial charge in [-0.05, 0) is 37.1 Å². The van der Waals surface area contributed by atoms with Crippen LogP contribution in [0.4, 0.5) is 0 Å². The fraction of sp³-hybridized carbons (Fsp3) is 0.333. The third-order valence-corrected chi connectivity index (χ3v) is 4.51. The molecule has 1 amide bonds. The van der Waals surface area contributed by atoms with Gasteiger partial charge in [-0.1, -0.05) is 0 Å². The molecule has 1 heterocycles. The van der Waals surface area contributed by atoms with Crippen LogP contribution in [-0.4, -0.2) is 42.8 Å². The number of aromatic carboxylic acids is 1. The van der Waals surface area contributed by atoms with Crippen molar-refractivity contribution in [3.8, 4) is 0 Å². The normalized spacial score (nSPS) is 16.0. The van der Waals surface area contributed by atoms with E-state index in [1.165, 1.54) is 28.6 Å². The maximum Gasteiger partial charge on any atom is 0.335 e. The fourth-order valence-corrected chi connectivity index (χ4v) is 3.15. The number of hydrogen-bond acceptors (Lipinski definition) is 4. The van der Waals surface area contributed by atoms with Gasteiger partial charge in [0, 0.05) is 18.7 Å². The lowest BCUT2D eigenvalue weighted by Crippen LogP contribution is -2.42. The molecule has 1 aliphatic rings. The van der Waals surface area contributed by atoms with E-state index in [0.29, 0.717) is 13.1 Å². The van der Waals surface area contributed by atoms with Gasteiger partial charge in [0.15, 0.2) is 0 Å². The van der Waals surface area contributed by atoms with E-state index < -0.39 is 22.1 Å². The molecule has 8 heteroatoms. The van der Waals surface area contributed by atoms with Crippen LogP contribution < -0.4 is 4.72 Å². The van der Waals surface area contributed by atoms with Gasteiger partial charge in [-0.25, -0.2) is 9.52 Å². The predicted octanol–water partition coefficient (Wildman–Crippen LogP) is 0.455. The van der Waals surface area contributed by atoms with Gasteiger partial charge >= 0.3 is 16.2 Å². The molecule has 2 N–H and O–H groups in total. The Hall–Kier alpha value is -1.93. The minimum Gasteiger partial charge on any atom is -0.478 e. The number of carboxylic acid groups (broad SMARTS) is 1. The zero-order valence-electron chi connectivity index (χ0n) is 10.6. The maximum atomic E-state index is 11.9. The topological polar surface area (TPSA) is 104 Å². The molecule has 0 aromatic heterocycles. The van der Waals surface area contributed by atoms with E-state index >= 15 is 0 Å². The fourth-order valence-electron chi connectivity index (χ4n) is 1.93. The van der Waals surface area contributed by atoms with Gasteiger partial charge in [0.2, 0.25) is 0 Å². The monoisotopic (exact) mass is 298 g/mol. The number of carbonyl (C=O) groups excluding carboxylic acids is 1. The molecule has 0 bridgehead atoms. The summed E-state index contributed by atoms with van der Waals surface area (Å²) in [5, 5.41) is 8.74. The Morgan fingerprint density at radius 1 is 1.05 bits per heavy atom. The predicted molar refractivity (Wildman–Crippen MR) is 70.6 cm³/mol. The van der Waals surface area contributed by atoms with Crippen LogP contribution in [-0.2, 0) is 10.2 Å². The zero-order valence-corrected chi connectivity index (χ0v) is 11.4. The molecule has 20 heavy (non-hydrogen) atoms. The van der Waals surface area contributed by atoms with Gasteiger partial charge in [-0.2, -0.15) is 12.7 Å². The van der Waals surface area contributed by atoms with Crippen molar-refractivity contribution >= 4 is 22.1 Å². The Kier molecular flexibility index (Phi) is 4.05. The van der Waals surface area contributed by atoms with Crippen LogP contribution in [0.25, 0.3) is 0 Å². The number of benzene rings is 1. The first-order chi connectivity index (χ1) is 9.40. The Labute approximate surface area is 116 Å².